The summed E-state index contributed by atoms with van der Waals surface area (Å²) < 4.78 is 11.5. The lowest BCUT2D eigenvalue weighted by Gasteiger charge is -2.26. The summed E-state index contributed by atoms with van der Waals surface area (Å²) in [6, 6.07) is 11.6. The van der Waals surface area contributed by atoms with Crippen molar-refractivity contribution in [1.82, 2.24) is 14.9 Å². The smallest absolute Gasteiger partial charge is 0.161 e. The molecule has 1 aliphatic heterocycles. The molecule has 0 bridgehead atoms. The number of likely N-dealkylation sites (tertiary alicyclic amines) is 1. The van der Waals surface area contributed by atoms with Crippen LogP contribution in [0, 0.1) is 0 Å². The Labute approximate surface area is 164 Å². The Morgan fingerprint density at radius 1 is 1.11 bits per heavy atom. The van der Waals surface area contributed by atoms with Gasteiger partial charge in [-0.15, -0.1) is 0 Å². The van der Waals surface area contributed by atoms with Gasteiger partial charge in [-0.3, -0.25) is 4.90 Å². The molecule has 0 amide bonds. The van der Waals surface area contributed by atoms with Gasteiger partial charge >= 0.3 is 0 Å². The number of halogens is 1. The molecule has 0 aliphatic carbocycles. The largest absolute Gasteiger partial charge is 0.493 e. The van der Waals surface area contributed by atoms with Crippen molar-refractivity contribution in [2.24, 2.45) is 0 Å². The number of methoxy groups -OCH3 is 1. The van der Waals surface area contributed by atoms with Crippen molar-refractivity contribution >= 4 is 22.6 Å². The SMILES string of the molecule is COc1cc(-c2nc3c(Cl)cccc3[nH]2)ccc1OCCN1CCCCC1. The van der Waals surface area contributed by atoms with Gasteiger partial charge in [-0.2, -0.15) is 0 Å². The molecule has 1 fully saturated rings. The first-order valence-electron chi connectivity index (χ1n) is 9.42. The van der Waals surface area contributed by atoms with Crippen LogP contribution in [0.3, 0.4) is 0 Å². The lowest BCUT2D eigenvalue weighted by molar-refractivity contribution is 0.180. The number of hydrogen-bond acceptors (Lipinski definition) is 4. The molecule has 0 saturated carbocycles. The Morgan fingerprint density at radius 3 is 2.74 bits per heavy atom. The number of rotatable bonds is 6. The molecule has 1 aliphatic rings. The van der Waals surface area contributed by atoms with Gasteiger partial charge in [-0.25, -0.2) is 4.98 Å². The van der Waals surface area contributed by atoms with E-state index in [0.717, 1.165) is 34.7 Å². The third-order valence-electron chi connectivity index (χ3n) is 5.01. The maximum Gasteiger partial charge on any atom is 0.161 e. The quantitative estimate of drug-likeness (QED) is 0.664. The molecule has 27 heavy (non-hydrogen) atoms. The summed E-state index contributed by atoms with van der Waals surface area (Å²) in [7, 11) is 1.66. The minimum atomic E-state index is 0.639. The van der Waals surface area contributed by atoms with E-state index in [1.807, 2.05) is 36.4 Å². The van der Waals surface area contributed by atoms with E-state index in [9.17, 15) is 0 Å². The van der Waals surface area contributed by atoms with Gasteiger partial charge in [0.1, 0.15) is 17.9 Å². The number of nitrogens with zero attached hydrogens (tertiary/aromatic N) is 2. The number of para-hydroxylation sites is 1. The van der Waals surface area contributed by atoms with Gasteiger partial charge in [0.2, 0.25) is 0 Å². The fourth-order valence-corrected chi connectivity index (χ4v) is 3.75. The normalized spacial score (nSPS) is 15.2. The molecule has 1 N–H and O–H groups in total. The van der Waals surface area contributed by atoms with Crippen molar-refractivity contribution in [3.63, 3.8) is 0 Å². The summed E-state index contributed by atoms with van der Waals surface area (Å²) in [6.07, 6.45) is 3.93. The van der Waals surface area contributed by atoms with Crippen LogP contribution in [0.25, 0.3) is 22.4 Å². The van der Waals surface area contributed by atoms with Crippen LogP contribution in [0.4, 0.5) is 0 Å². The van der Waals surface area contributed by atoms with Gasteiger partial charge in [0.25, 0.3) is 0 Å². The van der Waals surface area contributed by atoms with Gasteiger partial charge in [0.15, 0.2) is 11.5 Å². The number of aromatic nitrogens is 2. The van der Waals surface area contributed by atoms with Gasteiger partial charge in [0, 0.05) is 12.1 Å². The molecule has 0 atom stereocenters. The maximum absolute atomic E-state index is 6.23. The molecule has 0 unspecified atom stereocenters. The molecule has 1 aromatic heterocycles. The molecular weight excluding hydrogens is 362 g/mol. The van der Waals surface area contributed by atoms with Crippen molar-refractivity contribution < 1.29 is 9.47 Å². The predicted octanol–water partition coefficient (Wildman–Crippen LogP) is 4.76. The standard InChI is InChI=1S/C21H24ClN3O2/c1-26-19-14-15(21-23-17-7-5-6-16(22)20(17)24-21)8-9-18(19)27-13-12-25-10-3-2-4-11-25/h5-9,14H,2-4,10-13H2,1H3,(H,23,24). The van der Waals surface area contributed by atoms with Crippen molar-refractivity contribution in [3.05, 3.63) is 41.4 Å². The van der Waals surface area contributed by atoms with Crippen molar-refractivity contribution in [2.45, 2.75) is 19.3 Å². The average molecular weight is 386 g/mol. The highest BCUT2D eigenvalue weighted by Crippen LogP contribution is 2.33. The van der Waals surface area contributed by atoms with Crippen LogP contribution in [0.2, 0.25) is 5.02 Å². The minimum absolute atomic E-state index is 0.639. The number of imidazole rings is 1. The monoisotopic (exact) mass is 385 g/mol. The van der Waals surface area contributed by atoms with Crippen LogP contribution >= 0.6 is 11.6 Å². The summed E-state index contributed by atoms with van der Waals surface area (Å²) >= 11 is 6.23. The summed E-state index contributed by atoms with van der Waals surface area (Å²) in [5.74, 6) is 2.22. The highest BCUT2D eigenvalue weighted by molar-refractivity contribution is 6.35. The van der Waals surface area contributed by atoms with Crippen molar-refractivity contribution in [1.29, 1.82) is 0 Å². The molecule has 0 spiro atoms. The topological polar surface area (TPSA) is 50.4 Å². The zero-order valence-electron chi connectivity index (χ0n) is 15.5. The molecule has 5 nitrogen and oxygen atoms in total. The van der Waals surface area contributed by atoms with Gasteiger partial charge in [0.05, 0.1) is 17.6 Å². The lowest BCUT2D eigenvalue weighted by Crippen LogP contribution is -2.33. The van der Waals surface area contributed by atoms with Crippen molar-refractivity contribution in [2.75, 3.05) is 33.4 Å². The molecular formula is C21H24ClN3O2. The molecule has 4 rings (SSSR count). The minimum Gasteiger partial charge on any atom is -0.493 e. The van der Waals surface area contributed by atoms with E-state index in [-0.39, 0.29) is 0 Å². The summed E-state index contributed by atoms with van der Waals surface area (Å²) in [6.45, 7) is 3.96. The number of fused-ring (bicyclic) bond motifs is 1. The van der Waals surface area contributed by atoms with E-state index in [0.29, 0.717) is 17.4 Å². The number of H-pyrrole nitrogens is 1. The van der Waals surface area contributed by atoms with E-state index in [4.69, 9.17) is 21.1 Å². The molecule has 2 aromatic carbocycles. The van der Waals surface area contributed by atoms with Gasteiger partial charge < -0.3 is 14.5 Å². The summed E-state index contributed by atoms with van der Waals surface area (Å²) in [5.41, 5.74) is 2.62. The molecule has 1 saturated heterocycles. The van der Waals surface area contributed by atoms with Gasteiger partial charge in [-0.05, 0) is 56.3 Å². The number of piperidine rings is 1. The zero-order valence-corrected chi connectivity index (χ0v) is 16.3. The van der Waals surface area contributed by atoms with Crippen LogP contribution in [-0.4, -0.2) is 48.2 Å². The van der Waals surface area contributed by atoms with E-state index >= 15 is 0 Å². The third kappa shape index (κ3) is 4.04. The van der Waals surface area contributed by atoms with E-state index in [1.165, 1.54) is 32.4 Å². The highest BCUT2D eigenvalue weighted by Gasteiger charge is 2.13. The Kier molecular flexibility index (Phi) is 5.50. The Bertz CT molecular complexity index is 919. The summed E-state index contributed by atoms with van der Waals surface area (Å²) in [5, 5.41) is 0.639. The van der Waals surface area contributed by atoms with E-state index < -0.39 is 0 Å². The Balaban J connectivity index is 1.49. The molecule has 6 heteroatoms. The van der Waals surface area contributed by atoms with Crippen LogP contribution in [0.5, 0.6) is 11.5 Å². The second-order valence-electron chi connectivity index (χ2n) is 6.84. The first kappa shape index (κ1) is 18.1. The van der Waals surface area contributed by atoms with Gasteiger partial charge in [-0.1, -0.05) is 24.1 Å². The highest BCUT2D eigenvalue weighted by atomic mass is 35.5. The average Bonchev–Trinajstić information content (AvgIpc) is 3.15. The molecule has 2 heterocycles. The number of aromatic amines is 1. The summed E-state index contributed by atoms with van der Waals surface area (Å²) in [4.78, 5) is 10.4. The number of ether oxygens (including phenoxy) is 2. The first-order valence-corrected chi connectivity index (χ1v) is 9.80. The van der Waals surface area contributed by atoms with Crippen LogP contribution in [-0.2, 0) is 0 Å². The molecule has 142 valence electrons. The molecule has 0 radical (unpaired) electrons. The first-order chi connectivity index (χ1) is 13.2. The number of hydrogen-bond donors (Lipinski definition) is 1. The van der Waals surface area contributed by atoms with Crippen molar-refractivity contribution in [3.8, 4) is 22.9 Å². The number of benzene rings is 2. The second kappa shape index (κ2) is 8.19. The Hall–Kier alpha value is -2.24. The predicted molar refractivity (Wildman–Crippen MR) is 109 cm³/mol. The fraction of sp³-hybridized carbons (Fsp3) is 0.381. The third-order valence-corrected chi connectivity index (χ3v) is 5.32. The van der Waals surface area contributed by atoms with E-state index in [2.05, 4.69) is 14.9 Å². The zero-order chi connectivity index (χ0) is 18.6. The van der Waals surface area contributed by atoms with Crippen LogP contribution in [0.15, 0.2) is 36.4 Å². The molecule has 3 aromatic rings. The second-order valence-corrected chi connectivity index (χ2v) is 7.25. The maximum atomic E-state index is 6.23. The van der Waals surface area contributed by atoms with Crippen LogP contribution in [0.1, 0.15) is 19.3 Å². The van der Waals surface area contributed by atoms with E-state index in [1.54, 1.807) is 7.11 Å². The fourth-order valence-electron chi connectivity index (χ4n) is 3.54. The number of nitrogens with one attached hydrogen (secondary N) is 1. The Morgan fingerprint density at radius 2 is 1.96 bits per heavy atom. The lowest BCUT2D eigenvalue weighted by atomic mass is 10.1. The van der Waals surface area contributed by atoms with Crippen LogP contribution < -0.4 is 9.47 Å².